The monoisotopic (exact) mass is 411 g/mol. The average Bonchev–Trinajstić information content (AvgIpc) is 2.79. The van der Waals surface area contributed by atoms with E-state index >= 15 is 0 Å². The Hall–Kier alpha value is -3.19. The maximum Gasteiger partial charge on any atom is 0.355 e. The van der Waals surface area contributed by atoms with Gasteiger partial charge in [-0.1, -0.05) is 18.2 Å². The van der Waals surface area contributed by atoms with Crippen LogP contribution in [0.15, 0.2) is 54.6 Å². The second-order valence-corrected chi connectivity index (χ2v) is 6.90. The van der Waals surface area contributed by atoms with Crippen LogP contribution in [0.3, 0.4) is 0 Å². The van der Waals surface area contributed by atoms with Crippen molar-refractivity contribution < 1.29 is 28.6 Å². The summed E-state index contributed by atoms with van der Waals surface area (Å²) in [6.45, 7) is 3.10. The number of carbonyl (C=O) groups excluding carboxylic acids is 3. The molecule has 1 fully saturated rings. The first-order valence-corrected chi connectivity index (χ1v) is 10.0. The minimum atomic E-state index is -1.62. The van der Waals surface area contributed by atoms with E-state index in [9.17, 15) is 14.4 Å². The normalized spacial score (nSPS) is 15.1. The molecular formula is C23H25NO6. The largest absolute Gasteiger partial charge is 0.463 e. The fraction of sp³-hybridized carbons (Fsp3) is 0.348. The van der Waals surface area contributed by atoms with Gasteiger partial charge in [-0.25, -0.2) is 4.79 Å². The molecule has 0 bridgehead atoms. The highest BCUT2D eigenvalue weighted by atomic mass is 16.6. The third-order valence-corrected chi connectivity index (χ3v) is 4.76. The van der Waals surface area contributed by atoms with Crippen LogP contribution in [0.5, 0.6) is 11.5 Å². The van der Waals surface area contributed by atoms with Crippen molar-refractivity contribution in [3.8, 4) is 11.5 Å². The van der Waals surface area contributed by atoms with Crippen LogP contribution < -0.4 is 10.1 Å². The van der Waals surface area contributed by atoms with Crippen molar-refractivity contribution >= 4 is 17.7 Å². The predicted octanol–water partition coefficient (Wildman–Crippen LogP) is 3.14. The number of piperidine rings is 1. The van der Waals surface area contributed by atoms with Gasteiger partial charge in [0.05, 0.1) is 12.5 Å². The first-order chi connectivity index (χ1) is 14.6. The zero-order chi connectivity index (χ0) is 21.3. The lowest BCUT2D eigenvalue weighted by Gasteiger charge is -2.23. The number of benzene rings is 2. The van der Waals surface area contributed by atoms with Gasteiger partial charge in [-0.05, 0) is 69.3 Å². The number of esters is 2. The first kappa shape index (κ1) is 21.5. The number of carbonyl (C=O) groups is 3. The van der Waals surface area contributed by atoms with E-state index in [1.54, 1.807) is 19.1 Å². The Morgan fingerprint density at radius 3 is 2.23 bits per heavy atom. The molecule has 0 radical (unpaired) electrons. The number of ketones is 1. The molecule has 1 heterocycles. The van der Waals surface area contributed by atoms with Crippen LogP contribution in [-0.4, -0.2) is 43.5 Å². The minimum Gasteiger partial charge on any atom is -0.463 e. The third-order valence-electron chi connectivity index (χ3n) is 4.76. The van der Waals surface area contributed by atoms with Crippen LogP contribution in [0.2, 0.25) is 0 Å². The summed E-state index contributed by atoms with van der Waals surface area (Å²) in [6, 6.07) is 15.5. The highest BCUT2D eigenvalue weighted by Crippen LogP contribution is 2.22. The number of nitrogens with one attached hydrogen (secondary N) is 1. The molecule has 7 heteroatoms. The maximum atomic E-state index is 12.9. The average molecular weight is 411 g/mol. The molecule has 2 aromatic carbocycles. The van der Waals surface area contributed by atoms with Crippen molar-refractivity contribution in [2.75, 3.05) is 19.7 Å². The highest BCUT2D eigenvalue weighted by Gasteiger charge is 2.35. The van der Waals surface area contributed by atoms with Crippen molar-refractivity contribution in [1.29, 1.82) is 0 Å². The molecule has 0 saturated carbocycles. The molecule has 1 aliphatic rings. The molecule has 7 nitrogen and oxygen atoms in total. The van der Waals surface area contributed by atoms with Crippen LogP contribution in [0.4, 0.5) is 0 Å². The van der Waals surface area contributed by atoms with Gasteiger partial charge in [0.25, 0.3) is 6.10 Å². The minimum absolute atomic E-state index is 0.0807. The predicted molar refractivity (Wildman–Crippen MR) is 109 cm³/mol. The van der Waals surface area contributed by atoms with Crippen molar-refractivity contribution in [3.63, 3.8) is 0 Å². The molecule has 3 rings (SSSR count). The Kier molecular flexibility index (Phi) is 7.57. The van der Waals surface area contributed by atoms with Crippen molar-refractivity contribution in [1.82, 2.24) is 5.32 Å². The lowest BCUT2D eigenvalue weighted by molar-refractivity contribution is -0.167. The number of hydrogen-bond donors (Lipinski definition) is 1. The molecule has 1 N–H and O–H groups in total. The van der Waals surface area contributed by atoms with E-state index in [1.165, 1.54) is 12.1 Å². The molecule has 0 aliphatic carbocycles. The number of Topliss-reactive ketones (excluding diaryl/α,β-unsaturated/α-hetero) is 1. The molecule has 0 aromatic heterocycles. The molecule has 0 amide bonds. The molecular weight excluding hydrogens is 386 g/mol. The van der Waals surface area contributed by atoms with Crippen LogP contribution in [-0.2, 0) is 19.1 Å². The quantitative estimate of drug-likeness (QED) is 0.405. The summed E-state index contributed by atoms with van der Waals surface area (Å²) in [5.41, 5.74) is 0.228. The van der Waals surface area contributed by atoms with Crippen LogP contribution >= 0.6 is 0 Å². The van der Waals surface area contributed by atoms with Gasteiger partial charge in [-0.3, -0.25) is 9.59 Å². The van der Waals surface area contributed by atoms with E-state index in [-0.39, 0.29) is 18.1 Å². The summed E-state index contributed by atoms with van der Waals surface area (Å²) < 4.78 is 16.0. The summed E-state index contributed by atoms with van der Waals surface area (Å²) in [5, 5.41) is 3.16. The van der Waals surface area contributed by atoms with Gasteiger partial charge in [0, 0.05) is 5.56 Å². The van der Waals surface area contributed by atoms with Gasteiger partial charge in [0.2, 0.25) is 5.78 Å². The van der Waals surface area contributed by atoms with Crippen molar-refractivity contribution in [2.45, 2.75) is 25.9 Å². The lowest BCUT2D eigenvalue weighted by atomic mass is 9.98. The molecule has 30 heavy (non-hydrogen) atoms. The number of ether oxygens (including phenoxy) is 3. The third kappa shape index (κ3) is 5.67. The van der Waals surface area contributed by atoms with Crippen molar-refractivity contribution in [3.05, 3.63) is 60.2 Å². The lowest BCUT2D eigenvalue weighted by Crippen LogP contribution is -2.40. The number of hydrogen-bond acceptors (Lipinski definition) is 7. The number of para-hydroxylation sites is 1. The Morgan fingerprint density at radius 1 is 0.967 bits per heavy atom. The Balaban J connectivity index is 1.71. The summed E-state index contributed by atoms with van der Waals surface area (Å²) in [4.78, 5) is 37.7. The Bertz CT molecular complexity index is 859. The zero-order valence-corrected chi connectivity index (χ0v) is 16.8. The van der Waals surface area contributed by atoms with E-state index in [4.69, 9.17) is 14.2 Å². The summed E-state index contributed by atoms with van der Waals surface area (Å²) in [5.74, 6) is -1.17. The fourth-order valence-corrected chi connectivity index (χ4v) is 3.16. The topological polar surface area (TPSA) is 90.9 Å². The van der Waals surface area contributed by atoms with E-state index in [0.717, 1.165) is 0 Å². The van der Waals surface area contributed by atoms with Gasteiger partial charge in [0.1, 0.15) is 11.5 Å². The first-order valence-electron chi connectivity index (χ1n) is 10.0. The second kappa shape index (κ2) is 10.5. The van der Waals surface area contributed by atoms with Gasteiger partial charge in [0.15, 0.2) is 0 Å². The summed E-state index contributed by atoms with van der Waals surface area (Å²) >= 11 is 0. The molecule has 158 valence electrons. The van der Waals surface area contributed by atoms with Gasteiger partial charge < -0.3 is 19.5 Å². The Labute approximate surface area is 175 Å². The highest BCUT2D eigenvalue weighted by molar-refractivity contribution is 6.12. The molecule has 0 spiro atoms. The summed E-state index contributed by atoms with van der Waals surface area (Å²) in [7, 11) is 0. The van der Waals surface area contributed by atoms with Gasteiger partial charge in [-0.2, -0.15) is 0 Å². The van der Waals surface area contributed by atoms with E-state index < -0.39 is 23.8 Å². The molecule has 1 atom stereocenters. The van der Waals surface area contributed by atoms with E-state index in [0.29, 0.717) is 37.4 Å². The fourth-order valence-electron chi connectivity index (χ4n) is 3.16. The van der Waals surface area contributed by atoms with Crippen molar-refractivity contribution in [2.24, 2.45) is 5.92 Å². The SMILES string of the molecule is CCOC(=O)C(OC(=O)C1CCNCC1)C(=O)c1ccc(Oc2ccccc2)cc1. The maximum absolute atomic E-state index is 12.9. The van der Waals surface area contributed by atoms with Gasteiger partial charge in [-0.15, -0.1) is 0 Å². The molecule has 1 aliphatic heterocycles. The van der Waals surface area contributed by atoms with E-state index in [2.05, 4.69) is 5.32 Å². The summed E-state index contributed by atoms with van der Waals surface area (Å²) in [6.07, 6.45) is -0.407. The number of rotatable bonds is 8. The second-order valence-electron chi connectivity index (χ2n) is 6.90. The van der Waals surface area contributed by atoms with Gasteiger partial charge >= 0.3 is 11.9 Å². The Morgan fingerprint density at radius 2 is 1.60 bits per heavy atom. The molecule has 2 aromatic rings. The zero-order valence-electron chi connectivity index (χ0n) is 16.8. The van der Waals surface area contributed by atoms with E-state index in [1.807, 2.05) is 30.3 Å². The smallest absolute Gasteiger partial charge is 0.355 e. The molecule has 1 saturated heterocycles. The molecule has 1 unspecified atom stereocenters. The van der Waals surface area contributed by atoms with Crippen LogP contribution in [0, 0.1) is 5.92 Å². The van der Waals surface area contributed by atoms with Crippen LogP contribution in [0.25, 0.3) is 0 Å². The van der Waals surface area contributed by atoms with Crippen LogP contribution in [0.1, 0.15) is 30.1 Å². The standard InChI is InChI=1S/C23H25NO6/c1-2-28-23(27)21(30-22(26)17-12-14-24-15-13-17)20(25)16-8-10-19(11-9-16)29-18-6-4-3-5-7-18/h3-11,17,21,24H,2,12-15H2,1H3.